The van der Waals surface area contributed by atoms with Crippen molar-refractivity contribution in [3.8, 4) is 11.4 Å². The van der Waals surface area contributed by atoms with Gasteiger partial charge in [0.2, 0.25) is 0 Å². The number of H-pyrrole nitrogens is 1. The lowest BCUT2D eigenvalue weighted by molar-refractivity contribution is 1.08. The van der Waals surface area contributed by atoms with Crippen LogP contribution in [-0.4, -0.2) is 9.97 Å². The van der Waals surface area contributed by atoms with Crippen LogP contribution in [0, 0.1) is 0 Å². The van der Waals surface area contributed by atoms with Crippen LogP contribution in [0.3, 0.4) is 0 Å². The van der Waals surface area contributed by atoms with Crippen molar-refractivity contribution in [1.82, 2.24) is 9.97 Å². The molecule has 2 aliphatic carbocycles. The minimum atomic E-state index is 0.990. The minimum absolute atomic E-state index is 0.990. The van der Waals surface area contributed by atoms with E-state index in [1.165, 1.54) is 5.69 Å². The topological polar surface area (TPSA) is 28.7 Å². The fraction of sp³-hybridized carbons (Fsp3) is 0.100. The maximum atomic E-state index is 4.50. The number of hydrogen-bond donors (Lipinski definition) is 1. The second-order valence-corrected chi connectivity index (χ2v) is 3.03. The average molecular weight is 156 g/mol. The van der Waals surface area contributed by atoms with E-state index in [1.54, 1.807) is 0 Å². The zero-order chi connectivity index (χ0) is 7.97. The van der Waals surface area contributed by atoms with Crippen molar-refractivity contribution >= 4 is 6.08 Å². The molecule has 0 spiro atoms. The average Bonchev–Trinajstić information content (AvgIpc) is 2.64. The highest BCUT2D eigenvalue weighted by molar-refractivity contribution is 5.64. The quantitative estimate of drug-likeness (QED) is 0.621. The van der Waals surface area contributed by atoms with Gasteiger partial charge in [-0.25, -0.2) is 4.98 Å². The molecule has 3 rings (SSSR count). The number of nitrogens with one attached hydrogen (secondary N) is 1. The molecule has 1 N–H and O–H groups in total. The molecule has 0 aromatic carbocycles. The predicted octanol–water partition coefficient (Wildman–Crippen LogP) is 2.08. The Balaban J connectivity index is 2.38. The number of fused-ring (bicyclic) bond motifs is 2. The first-order chi connectivity index (χ1) is 5.93. The van der Waals surface area contributed by atoms with Gasteiger partial charge in [-0.15, -0.1) is 0 Å². The van der Waals surface area contributed by atoms with Crippen LogP contribution in [0.1, 0.15) is 11.4 Å². The van der Waals surface area contributed by atoms with E-state index in [0.29, 0.717) is 0 Å². The van der Waals surface area contributed by atoms with E-state index in [4.69, 9.17) is 0 Å². The first-order valence-electron chi connectivity index (χ1n) is 4.08. The smallest absolute Gasteiger partial charge is 0.0872 e. The van der Waals surface area contributed by atoms with Crippen LogP contribution in [0.15, 0.2) is 24.3 Å². The zero-order valence-electron chi connectivity index (χ0n) is 6.54. The van der Waals surface area contributed by atoms with Gasteiger partial charge >= 0.3 is 0 Å². The van der Waals surface area contributed by atoms with E-state index in [1.807, 2.05) is 12.1 Å². The Morgan fingerprint density at radius 3 is 3.33 bits per heavy atom. The molecular weight excluding hydrogens is 148 g/mol. The lowest BCUT2D eigenvalue weighted by Gasteiger charge is -2.03. The molecule has 3 aliphatic rings. The fourth-order valence-corrected chi connectivity index (χ4v) is 1.62. The minimum Gasteiger partial charge on any atom is -0.355 e. The normalized spacial score (nSPS) is 14.0. The second kappa shape index (κ2) is 1.97. The summed E-state index contributed by atoms with van der Waals surface area (Å²) in [6.45, 7) is 0. The molecule has 0 saturated carbocycles. The first-order valence-corrected chi connectivity index (χ1v) is 4.08. The predicted molar refractivity (Wildman–Crippen MR) is 47.9 cm³/mol. The van der Waals surface area contributed by atoms with Crippen molar-refractivity contribution in [2.24, 2.45) is 0 Å². The molecule has 0 unspecified atom stereocenters. The second-order valence-electron chi connectivity index (χ2n) is 3.03. The molecule has 1 heterocycles. The number of nitrogens with zero attached hydrogens (tertiary/aromatic N) is 1. The van der Waals surface area contributed by atoms with Gasteiger partial charge < -0.3 is 4.98 Å². The highest BCUT2D eigenvalue weighted by Gasteiger charge is 2.11. The lowest BCUT2D eigenvalue weighted by Crippen LogP contribution is -1.95. The Bertz CT molecular complexity index is 426. The van der Waals surface area contributed by atoms with Crippen LogP contribution in [0.2, 0.25) is 0 Å². The fourth-order valence-electron chi connectivity index (χ4n) is 1.62. The van der Waals surface area contributed by atoms with E-state index >= 15 is 0 Å². The molecule has 0 aromatic heterocycles. The van der Waals surface area contributed by atoms with Crippen molar-refractivity contribution in [1.29, 1.82) is 0 Å². The van der Waals surface area contributed by atoms with Gasteiger partial charge in [0.25, 0.3) is 0 Å². The van der Waals surface area contributed by atoms with E-state index < -0.39 is 0 Å². The SMILES string of the molecule is C1=Cc2nc3cccc-3[nH]c2C1. The zero-order valence-corrected chi connectivity index (χ0v) is 6.54. The van der Waals surface area contributed by atoms with Crippen molar-refractivity contribution < 1.29 is 0 Å². The Kier molecular flexibility index (Phi) is 0.987. The third kappa shape index (κ3) is 0.666. The van der Waals surface area contributed by atoms with Crippen molar-refractivity contribution in [2.75, 3.05) is 0 Å². The maximum absolute atomic E-state index is 4.50. The van der Waals surface area contributed by atoms with Crippen molar-refractivity contribution in [3.05, 3.63) is 35.7 Å². The molecule has 0 radical (unpaired) electrons. The molecule has 0 fully saturated rings. The third-order valence-electron chi connectivity index (χ3n) is 2.23. The van der Waals surface area contributed by atoms with Crippen LogP contribution in [-0.2, 0) is 6.42 Å². The number of allylic oxidation sites excluding steroid dienone is 1. The number of hydrogen-bond acceptors (Lipinski definition) is 1. The lowest BCUT2D eigenvalue weighted by atomic mass is 10.3. The monoisotopic (exact) mass is 156 g/mol. The van der Waals surface area contributed by atoms with Crippen LogP contribution in [0.5, 0.6) is 0 Å². The Hall–Kier alpha value is -1.57. The largest absolute Gasteiger partial charge is 0.355 e. The third-order valence-corrected chi connectivity index (χ3v) is 2.23. The van der Waals surface area contributed by atoms with Gasteiger partial charge in [0.05, 0.1) is 17.1 Å². The summed E-state index contributed by atoms with van der Waals surface area (Å²) in [7, 11) is 0. The van der Waals surface area contributed by atoms with Gasteiger partial charge in [-0.1, -0.05) is 12.1 Å². The molecular formula is C10H8N2. The standard InChI is InChI=1S/C10H8N2/c1-3-7-8(4-1)12-10-6-2-5-9(10)11-7/h1-5,12H,6H2. The van der Waals surface area contributed by atoms with Crippen LogP contribution < -0.4 is 0 Å². The number of aromatic amines is 1. The summed E-state index contributed by atoms with van der Waals surface area (Å²) in [6.07, 6.45) is 5.19. The number of rotatable bonds is 0. The summed E-state index contributed by atoms with van der Waals surface area (Å²) < 4.78 is 0. The molecule has 2 heteroatoms. The van der Waals surface area contributed by atoms with Crippen LogP contribution >= 0.6 is 0 Å². The van der Waals surface area contributed by atoms with Gasteiger partial charge in [-0.05, 0) is 18.2 Å². The molecule has 0 atom stereocenters. The Labute approximate surface area is 70.3 Å². The maximum Gasteiger partial charge on any atom is 0.0872 e. The summed E-state index contributed by atoms with van der Waals surface area (Å²) >= 11 is 0. The van der Waals surface area contributed by atoms with Gasteiger partial charge in [0.1, 0.15) is 0 Å². The Morgan fingerprint density at radius 2 is 2.33 bits per heavy atom. The molecule has 0 aromatic rings. The molecule has 0 bridgehead atoms. The van der Waals surface area contributed by atoms with Crippen LogP contribution in [0.4, 0.5) is 0 Å². The van der Waals surface area contributed by atoms with Crippen LogP contribution in [0.25, 0.3) is 17.5 Å². The summed E-state index contributed by atoms with van der Waals surface area (Å²) in [4.78, 5) is 7.86. The van der Waals surface area contributed by atoms with Crippen molar-refractivity contribution in [2.45, 2.75) is 6.42 Å². The molecule has 0 amide bonds. The summed E-state index contributed by atoms with van der Waals surface area (Å²) in [5.41, 5.74) is 4.51. The van der Waals surface area contributed by atoms with Gasteiger partial charge in [-0.3, -0.25) is 0 Å². The van der Waals surface area contributed by atoms with Crippen molar-refractivity contribution in [3.63, 3.8) is 0 Å². The molecule has 1 aliphatic heterocycles. The highest BCUT2D eigenvalue weighted by atomic mass is 14.9. The van der Waals surface area contributed by atoms with E-state index in [0.717, 1.165) is 23.5 Å². The molecule has 12 heavy (non-hydrogen) atoms. The summed E-state index contributed by atoms with van der Waals surface area (Å²) in [5, 5.41) is 0. The van der Waals surface area contributed by atoms with E-state index in [9.17, 15) is 0 Å². The highest BCUT2D eigenvalue weighted by Crippen LogP contribution is 2.23. The summed E-state index contributed by atoms with van der Waals surface area (Å²) in [5.74, 6) is 0. The number of aromatic nitrogens is 2. The van der Waals surface area contributed by atoms with E-state index in [-0.39, 0.29) is 0 Å². The molecule has 2 nitrogen and oxygen atoms in total. The molecule has 0 saturated heterocycles. The van der Waals surface area contributed by atoms with Gasteiger partial charge in [0, 0.05) is 12.1 Å². The Morgan fingerprint density at radius 1 is 1.33 bits per heavy atom. The van der Waals surface area contributed by atoms with Gasteiger partial charge in [-0.2, -0.15) is 0 Å². The van der Waals surface area contributed by atoms with E-state index in [2.05, 4.69) is 28.2 Å². The van der Waals surface area contributed by atoms with Gasteiger partial charge in [0.15, 0.2) is 0 Å². The first kappa shape index (κ1) is 6.00. The summed E-state index contributed by atoms with van der Waals surface area (Å²) in [6, 6.07) is 6.10. The molecule has 58 valence electrons.